The molecular weight excluding hydrogens is 805 g/mol. The number of nitrogens with zero attached hydrogens (tertiary/aromatic N) is 6. The Kier molecular flexibility index (Phi) is 12.7. The number of carbonyl (C=O) groups is 3. The zero-order valence-electron chi connectivity index (χ0n) is 35.0. The monoisotopic (exact) mass is 852 g/mol. The molecular formula is C43H48N8O9S. The van der Waals surface area contributed by atoms with Gasteiger partial charge in [-0.05, 0) is 72.7 Å². The Hall–Kier alpha value is -6.55. The van der Waals surface area contributed by atoms with Gasteiger partial charge in [-0.25, -0.2) is 31.9 Å². The van der Waals surface area contributed by atoms with Crippen molar-refractivity contribution < 1.29 is 41.7 Å². The lowest BCUT2D eigenvalue weighted by atomic mass is 10.0. The number of H-pyrrole nitrogens is 1. The summed E-state index contributed by atoms with van der Waals surface area (Å²) in [5, 5.41) is 11.0. The van der Waals surface area contributed by atoms with Crippen molar-refractivity contribution in [2.45, 2.75) is 64.6 Å². The second-order valence-electron chi connectivity index (χ2n) is 16.2. The number of aryl methyl sites for hydroxylation is 1. The van der Waals surface area contributed by atoms with Gasteiger partial charge in [-0.15, -0.1) is 0 Å². The van der Waals surface area contributed by atoms with Crippen LogP contribution in [0, 0.1) is 18.3 Å². The first kappa shape index (κ1) is 44.0. The molecule has 5 aromatic rings. The molecule has 6 heterocycles. The maximum absolute atomic E-state index is 13.4. The number of hydrogen-bond acceptors (Lipinski definition) is 12. The van der Waals surface area contributed by atoms with E-state index >= 15 is 0 Å². The predicted molar refractivity (Wildman–Crippen MR) is 226 cm³/mol. The van der Waals surface area contributed by atoms with Gasteiger partial charge in [0.2, 0.25) is 0 Å². The molecule has 0 saturated carbocycles. The van der Waals surface area contributed by atoms with Gasteiger partial charge >= 0.3 is 12.2 Å². The molecule has 320 valence electrons. The van der Waals surface area contributed by atoms with E-state index in [9.17, 15) is 28.1 Å². The normalized spacial score (nSPS) is 15.1. The van der Waals surface area contributed by atoms with Crippen molar-refractivity contribution in [3.8, 4) is 6.07 Å². The van der Waals surface area contributed by atoms with E-state index in [1.165, 1.54) is 34.3 Å². The van der Waals surface area contributed by atoms with Crippen LogP contribution < -0.4 is 5.73 Å². The smallest absolute Gasteiger partial charge is 0.414 e. The van der Waals surface area contributed by atoms with E-state index in [-0.39, 0.29) is 28.4 Å². The van der Waals surface area contributed by atoms with E-state index in [2.05, 4.69) is 15.0 Å². The largest absolute Gasteiger partial charge is 0.443 e. The number of aromatic amines is 1. The third-order valence-corrected chi connectivity index (χ3v) is 10.9. The molecule has 0 fully saturated rings. The molecule has 1 aromatic carbocycles. The van der Waals surface area contributed by atoms with Crippen LogP contribution in [-0.4, -0.2) is 106 Å². The molecule has 2 aliphatic heterocycles. The van der Waals surface area contributed by atoms with E-state index in [1.54, 1.807) is 63.8 Å². The van der Waals surface area contributed by atoms with E-state index < -0.39 is 39.3 Å². The van der Waals surface area contributed by atoms with Crippen molar-refractivity contribution in [2.24, 2.45) is 5.73 Å². The highest BCUT2D eigenvalue weighted by atomic mass is 32.2. The Morgan fingerprint density at radius 1 is 0.820 bits per heavy atom. The zero-order chi connectivity index (χ0) is 44.3. The Morgan fingerprint density at radius 2 is 1.36 bits per heavy atom. The average Bonchev–Trinajstić information content (AvgIpc) is 3.70. The number of rotatable bonds is 5. The molecule has 0 saturated heterocycles. The minimum Gasteiger partial charge on any atom is -0.443 e. The van der Waals surface area contributed by atoms with Crippen molar-refractivity contribution in [2.75, 3.05) is 39.5 Å². The summed E-state index contributed by atoms with van der Waals surface area (Å²) in [6, 6.07) is 11.9. The molecule has 0 unspecified atom stereocenters. The number of nitriles is 1. The summed E-state index contributed by atoms with van der Waals surface area (Å²) >= 11 is 0. The van der Waals surface area contributed by atoms with Gasteiger partial charge in [-0.3, -0.25) is 14.6 Å². The van der Waals surface area contributed by atoms with Crippen molar-refractivity contribution in [3.63, 3.8) is 0 Å². The first-order chi connectivity index (χ1) is 28.8. The van der Waals surface area contributed by atoms with E-state index in [0.29, 0.717) is 54.9 Å². The van der Waals surface area contributed by atoms with Crippen LogP contribution >= 0.6 is 0 Å². The lowest BCUT2D eigenvalue weighted by Crippen LogP contribution is -2.34. The first-order valence-electron chi connectivity index (χ1n) is 19.3. The molecule has 0 spiro atoms. The predicted octanol–water partition coefficient (Wildman–Crippen LogP) is 6.33. The second kappa shape index (κ2) is 17.6. The van der Waals surface area contributed by atoms with Crippen LogP contribution in [-0.2, 0) is 29.0 Å². The molecule has 61 heavy (non-hydrogen) atoms. The summed E-state index contributed by atoms with van der Waals surface area (Å²) in [6.45, 7) is 14.6. The fraction of sp³-hybridized carbons (Fsp3) is 0.349. The maximum Gasteiger partial charge on any atom is 0.414 e. The molecule has 4 aromatic heterocycles. The maximum atomic E-state index is 13.4. The van der Waals surface area contributed by atoms with Gasteiger partial charge in [-0.2, -0.15) is 5.26 Å². The molecule has 3 amide bonds. The van der Waals surface area contributed by atoms with Crippen molar-refractivity contribution in [1.82, 2.24) is 28.7 Å². The van der Waals surface area contributed by atoms with Crippen molar-refractivity contribution in [1.29, 1.82) is 5.26 Å². The highest BCUT2D eigenvalue weighted by Gasteiger charge is 2.28. The van der Waals surface area contributed by atoms with Gasteiger partial charge < -0.3 is 29.7 Å². The number of nitrogens with one attached hydrogen (secondary N) is 1. The van der Waals surface area contributed by atoms with Crippen LogP contribution in [0.2, 0.25) is 0 Å². The SMILES string of the molecule is CC(C)(C)OC(=O)N1C=C(c2cnc(C(N)=O)c3[nH]ccc23)COCC1.Cc1ccc(S(=O)(=O)n2ccc3c(C4=CN(C(=O)OC(C)(C)C)CCOC4)cnc(C#N)c32)cc1. The minimum atomic E-state index is -3.98. The molecule has 18 heteroatoms. The lowest BCUT2D eigenvalue weighted by molar-refractivity contribution is 0.0294. The van der Waals surface area contributed by atoms with Crippen LogP contribution in [0.1, 0.15) is 74.4 Å². The van der Waals surface area contributed by atoms with Crippen LogP contribution in [0.3, 0.4) is 0 Å². The molecule has 17 nitrogen and oxygen atoms in total. The molecule has 0 bridgehead atoms. The number of fused-ring (bicyclic) bond motifs is 2. The number of pyridine rings is 2. The summed E-state index contributed by atoms with van der Waals surface area (Å²) in [6.07, 6.45) is 8.60. The van der Waals surface area contributed by atoms with Gasteiger partial charge in [0.1, 0.15) is 22.8 Å². The van der Waals surface area contributed by atoms with Gasteiger partial charge in [0.15, 0.2) is 11.4 Å². The van der Waals surface area contributed by atoms with Crippen LogP contribution in [0.5, 0.6) is 0 Å². The molecule has 0 aliphatic carbocycles. The first-order valence-corrected chi connectivity index (χ1v) is 20.8. The van der Waals surface area contributed by atoms with E-state index in [1.807, 2.05) is 39.8 Å². The summed E-state index contributed by atoms with van der Waals surface area (Å²) in [4.78, 5) is 51.1. The number of aromatic nitrogens is 4. The summed E-state index contributed by atoms with van der Waals surface area (Å²) in [5.74, 6) is -0.606. The minimum absolute atomic E-state index is 0.0245. The molecule has 2 aliphatic rings. The summed E-state index contributed by atoms with van der Waals surface area (Å²) in [7, 11) is -3.98. The van der Waals surface area contributed by atoms with E-state index in [4.69, 9.17) is 24.7 Å². The molecule has 0 atom stereocenters. The van der Waals surface area contributed by atoms with Gasteiger partial charge in [0.25, 0.3) is 15.9 Å². The number of nitrogens with two attached hydrogens (primary N) is 1. The van der Waals surface area contributed by atoms with Gasteiger partial charge in [-0.1, -0.05) is 17.7 Å². The van der Waals surface area contributed by atoms with E-state index in [0.717, 1.165) is 26.1 Å². The van der Waals surface area contributed by atoms with Crippen LogP contribution in [0.15, 0.2) is 78.5 Å². The lowest BCUT2D eigenvalue weighted by Gasteiger charge is -2.24. The second-order valence-corrected chi connectivity index (χ2v) is 18.1. The van der Waals surface area contributed by atoms with Crippen LogP contribution in [0.4, 0.5) is 9.59 Å². The average molecular weight is 853 g/mol. The summed E-state index contributed by atoms with van der Waals surface area (Å²) in [5.41, 5.74) is 8.64. The highest BCUT2D eigenvalue weighted by molar-refractivity contribution is 7.90. The molecule has 7 rings (SSSR count). The summed E-state index contributed by atoms with van der Waals surface area (Å²) < 4.78 is 50.2. The fourth-order valence-corrected chi connectivity index (χ4v) is 7.83. The number of primary amides is 1. The van der Waals surface area contributed by atoms with Crippen molar-refractivity contribution in [3.05, 3.63) is 102 Å². The van der Waals surface area contributed by atoms with Crippen LogP contribution in [0.25, 0.3) is 33.0 Å². The Labute approximate surface area is 353 Å². The third kappa shape index (κ3) is 10.1. The van der Waals surface area contributed by atoms with Gasteiger partial charge in [0, 0.05) is 70.2 Å². The molecule has 3 N–H and O–H groups in total. The third-order valence-electron chi connectivity index (χ3n) is 9.24. The zero-order valence-corrected chi connectivity index (χ0v) is 35.8. The quantitative estimate of drug-likeness (QED) is 0.198. The topological polar surface area (TPSA) is 225 Å². The fourth-order valence-electron chi connectivity index (χ4n) is 6.47. The Bertz CT molecular complexity index is 2700. The number of carbonyl (C=O) groups excluding carboxylic acids is 3. The number of ether oxygens (including phenoxy) is 4. The standard InChI is InChI=1S/C25H26N4O5S.C18H22N4O4/c1-17-5-7-19(8-6-17)35(31,32)29-10-9-20-21(14-27-22(13-26)23(20)29)18-15-28(11-12-33-16-18)24(30)34-25(2,3)4;1-18(2,3)26-17(24)22-6-7-25-10-11(9-22)13-8-21-15(16(19)23)14-12(13)4-5-20-14/h5-10,14-15H,11-12,16H2,1-4H3;4-5,8-9,20H,6-7,10H2,1-3H3,(H2,19,23). The number of hydrogen-bond donors (Lipinski definition) is 2. The Balaban J connectivity index is 0.000000213. The molecule has 0 radical (unpaired) electrons. The van der Waals surface area contributed by atoms with Crippen molar-refractivity contribution >= 4 is 61.1 Å². The number of amides is 3. The number of benzene rings is 1. The Morgan fingerprint density at radius 3 is 1.89 bits per heavy atom. The highest BCUT2D eigenvalue weighted by Crippen LogP contribution is 2.32. The van der Waals surface area contributed by atoms with Gasteiger partial charge in [0.05, 0.1) is 49.9 Å².